The van der Waals surface area contributed by atoms with E-state index in [1.165, 1.54) is 0 Å². The minimum atomic E-state index is -3.10. The number of benzene rings is 1. The minimum Gasteiger partial charge on any atom is -0.383 e. The summed E-state index contributed by atoms with van der Waals surface area (Å²) in [6, 6.07) is 7.46. The van der Waals surface area contributed by atoms with E-state index in [9.17, 15) is 8.42 Å². The van der Waals surface area contributed by atoms with Gasteiger partial charge in [0.15, 0.2) is 9.84 Å². The highest BCUT2D eigenvalue weighted by Gasteiger charge is 2.13. The van der Waals surface area contributed by atoms with Gasteiger partial charge >= 0.3 is 0 Å². The molecule has 1 N–H and O–H groups in total. The predicted octanol–water partition coefficient (Wildman–Crippen LogP) is 3.72. The van der Waals surface area contributed by atoms with Crippen LogP contribution in [0.4, 0.5) is 5.69 Å². The van der Waals surface area contributed by atoms with E-state index >= 15 is 0 Å². The lowest BCUT2D eigenvalue weighted by Gasteiger charge is -2.17. The summed E-state index contributed by atoms with van der Waals surface area (Å²) < 4.78 is 23.8. The zero-order valence-corrected chi connectivity index (χ0v) is 13.1. The number of anilines is 1. The molecule has 0 aromatic heterocycles. The van der Waals surface area contributed by atoms with Crippen LogP contribution in [0.1, 0.15) is 40.5 Å². The third-order valence-corrected chi connectivity index (χ3v) is 4.86. The average molecular weight is 283 g/mol. The van der Waals surface area contributed by atoms with Crippen LogP contribution in [-0.2, 0) is 9.84 Å². The molecule has 0 aliphatic carbocycles. The Morgan fingerprint density at radius 2 is 1.68 bits per heavy atom. The average Bonchev–Trinajstić information content (AvgIpc) is 2.28. The summed E-state index contributed by atoms with van der Waals surface area (Å²) in [5, 5.41) is 3.39. The second-order valence-electron chi connectivity index (χ2n) is 5.52. The van der Waals surface area contributed by atoms with Gasteiger partial charge in [0.05, 0.1) is 10.6 Å². The van der Waals surface area contributed by atoms with Crippen LogP contribution in [0.25, 0.3) is 0 Å². The van der Waals surface area contributed by atoms with Crippen LogP contribution in [0.15, 0.2) is 29.2 Å². The lowest BCUT2D eigenvalue weighted by atomic mass is 10.1. The van der Waals surface area contributed by atoms with Crippen molar-refractivity contribution in [1.82, 2.24) is 0 Å². The van der Waals surface area contributed by atoms with E-state index in [1.807, 2.05) is 19.1 Å². The predicted molar refractivity (Wildman–Crippen MR) is 81.3 cm³/mol. The standard InChI is InChI=1S/C15H25NO2S/c1-5-10-19(17,18)15-8-6-14(7-9-15)16-13(4)11-12(2)3/h6-9,12-13,16H,5,10-11H2,1-4H3. The normalized spacial score (nSPS) is 13.5. The summed E-state index contributed by atoms with van der Waals surface area (Å²) >= 11 is 0. The second-order valence-corrected chi connectivity index (χ2v) is 7.63. The number of sulfone groups is 1. The molecular weight excluding hydrogens is 258 g/mol. The molecule has 19 heavy (non-hydrogen) atoms. The smallest absolute Gasteiger partial charge is 0.178 e. The van der Waals surface area contributed by atoms with Gasteiger partial charge in [0.1, 0.15) is 0 Å². The Bertz CT molecular complexity index is 477. The van der Waals surface area contributed by atoms with Gasteiger partial charge in [0.25, 0.3) is 0 Å². The molecule has 1 aromatic carbocycles. The Balaban J connectivity index is 2.72. The third-order valence-electron chi connectivity index (χ3n) is 2.92. The topological polar surface area (TPSA) is 46.2 Å². The van der Waals surface area contributed by atoms with E-state index in [-0.39, 0.29) is 5.75 Å². The zero-order valence-electron chi connectivity index (χ0n) is 12.3. The van der Waals surface area contributed by atoms with Gasteiger partial charge in [-0.25, -0.2) is 8.42 Å². The number of hydrogen-bond donors (Lipinski definition) is 1. The van der Waals surface area contributed by atoms with Crippen molar-refractivity contribution in [2.45, 2.75) is 51.5 Å². The zero-order chi connectivity index (χ0) is 14.5. The van der Waals surface area contributed by atoms with Crippen molar-refractivity contribution in [3.05, 3.63) is 24.3 Å². The third kappa shape index (κ3) is 5.23. The molecule has 0 aliphatic rings. The highest BCUT2D eigenvalue weighted by Crippen LogP contribution is 2.18. The van der Waals surface area contributed by atoms with Crippen LogP contribution in [0.3, 0.4) is 0 Å². The van der Waals surface area contributed by atoms with Crippen LogP contribution >= 0.6 is 0 Å². The van der Waals surface area contributed by atoms with Crippen LogP contribution in [0.5, 0.6) is 0 Å². The van der Waals surface area contributed by atoms with Crippen molar-refractivity contribution in [1.29, 1.82) is 0 Å². The molecule has 0 saturated carbocycles. The molecule has 108 valence electrons. The largest absolute Gasteiger partial charge is 0.383 e. The molecule has 1 unspecified atom stereocenters. The molecule has 0 aliphatic heterocycles. The molecule has 0 radical (unpaired) electrons. The summed E-state index contributed by atoms with van der Waals surface area (Å²) in [7, 11) is -3.10. The quantitative estimate of drug-likeness (QED) is 0.829. The van der Waals surface area contributed by atoms with E-state index in [0.717, 1.165) is 12.1 Å². The Hall–Kier alpha value is -1.03. The molecule has 4 heteroatoms. The van der Waals surface area contributed by atoms with Crippen LogP contribution in [-0.4, -0.2) is 20.2 Å². The molecule has 0 heterocycles. The van der Waals surface area contributed by atoms with Crippen molar-refractivity contribution < 1.29 is 8.42 Å². The van der Waals surface area contributed by atoms with Crippen LogP contribution in [0.2, 0.25) is 0 Å². The molecule has 1 aromatic rings. The molecule has 1 rings (SSSR count). The van der Waals surface area contributed by atoms with Gasteiger partial charge in [-0.1, -0.05) is 20.8 Å². The van der Waals surface area contributed by atoms with Crippen LogP contribution in [0, 0.1) is 5.92 Å². The molecule has 1 atom stereocenters. The number of rotatable bonds is 7. The first kappa shape index (κ1) is 16.0. The lowest BCUT2D eigenvalue weighted by molar-refractivity contribution is 0.540. The first-order chi connectivity index (χ1) is 8.85. The van der Waals surface area contributed by atoms with Gasteiger partial charge < -0.3 is 5.32 Å². The molecule has 0 amide bonds. The van der Waals surface area contributed by atoms with Gasteiger partial charge in [-0.3, -0.25) is 0 Å². The Morgan fingerprint density at radius 1 is 1.11 bits per heavy atom. The fourth-order valence-corrected chi connectivity index (χ4v) is 3.52. The molecule has 0 fully saturated rings. The van der Waals surface area contributed by atoms with Crippen molar-refractivity contribution >= 4 is 15.5 Å². The second kappa shape index (κ2) is 6.94. The monoisotopic (exact) mass is 283 g/mol. The maximum atomic E-state index is 11.9. The molecular formula is C15H25NO2S. The van der Waals surface area contributed by atoms with Crippen molar-refractivity contribution in [2.24, 2.45) is 5.92 Å². The lowest BCUT2D eigenvalue weighted by Crippen LogP contribution is -2.17. The van der Waals surface area contributed by atoms with E-state index in [1.54, 1.807) is 12.1 Å². The summed E-state index contributed by atoms with van der Waals surface area (Å²) in [6.07, 6.45) is 1.74. The fourth-order valence-electron chi connectivity index (χ4n) is 2.20. The Morgan fingerprint density at radius 3 is 2.16 bits per heavy atom. The van der Waals surface area contributed by atoms with Gasteiger partial charge in [0, 0.05) is 11.7 Å². The maximum absolute atomic E-state index is 11.9. The van der Waals surface area contributed by atoms with E-state index in [0.29, 0.717) is 23.3 Å². The molecule has 0 saturated heterocycles. The van der Waals surface area contributed by atoms with E-state index in [4.69, 9.17) is 0 Å². The van der Waals surface area contributed by atoms with Gasteiger partial charge in [-0.15, -0.1) is 0 Å². The van der Waals surface area contributed by atoms with E-state index in [2.05, 4.69) is 26.1 Å². The molecule has 0 bridgehead atoms. The fraction of sp³-hybridized carbons (Fsp3) is 0.600. The highest BCUT2D eigenvalue weighted by molar-refractivity contribution is 7.91. The molecule has 0 spiro atoms. The first-order valence-electron chi connectivity index (χ1n) is 6.94. The van der Waals surface area contributed by atoms with Gasteiger partial charge in [-0.2, -0.15) is 0 Å². The SMILES string of the molecule is CCCS(=O)(=O)c1ccc(NC(C)CC(C)C)cc1. The Labute approximate surface area is 117 Å². The molecule has 3 nitrogen and oxygen atoms in total. The summed E-state index contributed by atoms with van der Waals surface area (Å²) in [5.41, 5.74) is 0.976. The maximum Gasteiger partial charge on any atom is 0.178 e. The summed E-state index contributed by atoms with van der Waals surface area (Å²) in [6.45, 7) is 8.40. The Kier molecular flexibility index (Phi) is 5.85. The van der Waals surface area contributed by atoms with E-state index < -0.39 is 9.84 Å². The number of nitrogens with one attached hydrogen (secondary N) is 1. The summed E-state index contributed by atoms with van der Waals surface area (Å²) in [4.78, 5) is 0.413. The van der Waals surface area contributed by atoms with Crippen molar-refractivity contribution in [3.63, 3.8) is 0 Å². The minimum absolute atomic E-state index is 0.212. The van der Waals surface area contributed by atoms with Gasteiger partial charge in [-0.05, 0) is 49.9 Å². The van der Waals surface area contributed by atoms with Crippen molar-refractivity contribution in [2.75, 3.05) is 11.1 Å². The summed E-state index contributed by atoms with van der Waals surface area (Å²) in [5.74, 6) is 0.857. The highest BCUT2D eigenvalue weighted by atomic mass is 32.2. The van der Waals surface area contributed by atoms with Crippen LogP contribution < -0.4 is 5.32 Å². The number of hydrogen-bond acceptors (Lipinski definition) is 3. The van der Waals surface area contributed by atoms with Crippen molar-refractivity contribution in [3.8, 4) is 0 Å². The first-order valence-corrected chi connectivity index (χ1v) is 8.59. The van der Waals surface area contributed by atoms with Gasteiger partial charge in [0.2, 0.25) is 0 Å².